The maximum absolute atomic E-state index is 12.3. The second-order valence-corrected chi connectivity index (χ2v) is 5.88. The van der Waals surface area contributed by atoms with Crippen molar-refractivity contribution in [1.29, 1.82) is 0 Å². The fourth-order valence-corrected chi connectivity index (χ4v) is 2.65. The van der Waals surface area contributed by atoms with Gasteiger partial charge in [-0.05, 0) is 36.4 Å². The Hall–Kier alpha value is -2.28. The number of pyridine rings is 1. The number of rotatable bonds is 3. The summed E-state index contributed by atoms with van der Waals surface area (Å²) in [5.74, 6) is 0.329. The van der Waals surface area contributed by atoms with Crippen molar-refractivity contribution >= 4 is 21.5 Å². The normalized spacial score (nSPS) is 11.2. The maximum atomic E-state index is 12.3. The number of hydrogen-bond acceptors (Lipinski definition) is 5. The van der Waals surface area contributed by atoms with Crippen LogP contribution in [-0.4, -0.2) is 25.6 Å². The lowest BCUT2D eigenvalue weighted by Gasteiger charge is -2.19. The molecule has 0 atom stereocenters. The number of nitrogens with zero attached hydrogens (tertiary/aromatic N) is 2. The summed E-state index contributed by atoms with van der Waals surface area (Å²) in [6, 6.07) is 8.69. The van der Waals surface area contributed by atoms with E-state index < -0.39 is 10.0 Å². The molecule has 0 amide bonds. The number of nitrogens with two attached hydrogens (primary N) is 1. The highest BCUT2D eigenvalue weighted by atomic mass is 32.2. The van der Waals surface area contributed by atoms with E-state index in [9.17, 15) is 13.5 Å². The van der Waals surface area contributed by atoms with E-state index in [1.807, 2.05) is 0 Å². The van der Waals surface area contributed by atoms with Crippen LogP contribution in [0.15, 0.2) is 47.5 Å². The van der Waals surface area contributed by atoms with Crippen LogP contribution >= 0.6 is 0 Å². The molecule has 1 aromatic carbocycles. The third kappa shape index (κ3) is 2.60. The molecule has 19 heavy (non-hydrogen) atoms. The maximum Gasteiger partial charge on any atom is 0.265 e. The third-order valence-corrected chi connectivity index (χ3v) is 4.40. The van der Waals surface area contributed by atoms with E-state index in [1.165, 1.54) is 49.6 Å². The second kappa shape index (κ2) is 4.77. The molecule has 0 bridgehead atoms. The molecule has 0 saturated carbocycles. The first-order chi connectivity index (χ1) is 8.91. The number of phenols is 1. The van der Waals surface area contributed by atoms with Crippen LogP contribution in [0.2, 0.25) is 0 Å². The molecule has 0 aliphatic carbocycles. The van der Waals surface area contributed by atoms with Gasteiger partial charge in [0, 0.05) is 13.2 Å². The average Bonchev–Trinajstić information content (AvgIpc) is 2.39. The summed E-state index contributed by atoms with van der Waals surface area (Å²) in [5, 5.41) is 9.20. The van der Waals surface area contributed by atoms with Gasteiger partial charge in [-0.1, -0.05) is 0 Å². The highest BCUT2D eigenvalue weighted by Crippen LogP contribution is 2.23. The number of aromatic hydroxyl groups is 1. The lowest BCUT2D eigenvalue weighted by atomic mass is 10.3. The lowest BCUT2D eigenvalue weighted by molar-refractivity contribution is 0.475. The Kier molecular flexibility index (Phi) is 3.30. The Balaban J connectivity index is 2.39. The molecule has 1 aromatic heterocycles. The minimum absolute atomic E-state index is 0.0530. The zero-order chi connectivity index (χ0) is 14.0. The molecule has 0 aliphatic rings. The summed E-state index contributed by atoms with van der Waals surface area (Å²) in [7, 11) is -2.26. The van der Waals surface area contributed by atoms with Crippen LogP contribution in [-0.2, 0) is 10.0 Å². The van der Waals surface area contributed by atoms with Crippen LogP contribution in [0.4, 0.5) is 11.5 Å². The highest BCUT2D eigenvalue weighted by Gasteiger charge is 2.21. The molecular formula is C12H13N3O3S. The minimum Gasteiger partial charge on any atom is -0.508 e. The van der Waals surface area contributed by atoms with Crippen molar-refractivity contribution in [3.05, 3.63) is 42.6 Å². The largest absolute Gasteiger partial charge is 0.508 e. The molecule has 0 aliphatic heterocycles. The first-order valence-corrected chi connectivity index (χ1v) is 6.85. The summed E-state index contributed by atoms with van der Waals surface area (Å²) in [6.07, 6.45) is 1.21. The van der Waals surface area contributed by atoms with Gasteiger partial charge < -0.3 is 10.8 Å². The van der Waals surface area contributed by atoms with Crippen LogP contribution in [0.25, 0.3) is 0 Å². The first kappa shape index (κ1) is 13.2. The lowest BCUT2D eigenvalue weighted by Crippen LogP contribution is -2.26. The van der Waals surface area contributed by atoms with E-state index in [0.29, 0.717) is 5.69 Å². The quantitative estimate of drug-likeness (QED) is 0.879. The summed E-state index contributed by atoms with van der Waals surface area (Å²) in [5.41, 5.74) is 5.87. The van der Waals surface area contributed by atoms with Gasteiger partial charge in [0.15, 0.2) is 0 Å². The Morgan fingerprint density at radius 1 is 1.16 bits per heavy atom. The SMILES string of the molecule is CN(c1ccc(O)cc1)S(=O)(=O)c1ccc(N)nc1. The molecule has 100 valence electrons. The van der Waals surface area contributed by atoms with E-state index in [4.69, 9.17) is 5.73 Å². The molecule has 0 unspecified atom stereocenters. The van der Waals surface area contributed by atoms with Gasteiger partial charge in [0.1, 0.15) is 16.5 Å². The van der Waals surface area contributed by atoms with Crippen molar-refractivity contribution in [2.45, 2.75) is 4.90 Å². The Morgan fingerprint density at radius 3 is 2.32 bits per heavy atom. The fraction of sp³-hybridized carbons (Fsp3) is 0.0833. The Bertz CT molecular complexity index is 666. The summed E-state index contributed by atoms with van der Waals surface area (Å²) in [6.45, 7) is 0. The second-order valence-electron chi connectivity index (χ2n) is 3.91. The summed E-state index contributed by atoms with van der Waals surface area (Å²) in [4.78, 5) is 3.82. The Morgan fingerprint density at radius 2 is 1.79 bits per heavy atom. The smallest absolute Gasteiger partial charge is 0.265 e. The fourth-order valence-electron chi connectivity index (χ4n) is 1.50. The minimum atomic E-state index is -3.69. The molecule has 1 heterocycles. The predicted molar refractivity (Wildman–Crippen MR) is 72.3 cm³/mol. The van der Waals surface area contributed by atoms with Crippen LogP contribution in [0.1, 0.15) is 0 Å². The first-order valence-electron chi connectivity index (χ1n) is 5.41. The van der Waals surface area contributed by atoms with Gasteiger partial charge in [-0.15, -0.1) is 0 Å². The zero-order valence-electron chi connectivity index (χ0n) is 10.2. The molecule has 2 aromatic rings. The number of benzene rings is 1. The van der Waals surface area contributed by atoms with Gasteiger partial charge in [0.05, 0.1) is 5.69 Å². The molecule has 0 radical (unpaired) electrons. The molecule has 7 heteroatoms. The van der Waals surface area contributed by atoms with Gasteiger partial charge in [-0.3, -0.25) is 4.31 Å². The van der Waals surface area contributed by atoms with E-state index in [-0.39, 0.29) is 16.5 Å². The highest BCUT2D eigenvalue weighted by molar-refractivity contribution is 7.92. The van der Waals surface area contributed by atoms with E-state index in [1.54, 1.807) is 0 Å². The monoisotopic (exact) mass is 279 g/mol. The van der Waals surface area contributed by atoms with Crippen LogP contribution in [0.3, 0.4) is 0 Å². The zero-order valence-corrected chi connectivity index (χ0v) is 11.0. The predicted octanol–water partition coefficient (Wildman–Crippen LogP) is 1.19. The topological polar surface area (TPSA) is 96.5 Å². The van der Waals surface area contributed by atoms with Crippen LogP contribution in [0.5, 0.6) is 5.75 Å². The molecule has 0 saturated heterocycles. The standard InChI is InChI=1S/C12H13N3O3S/c1-15(9-2-4-10(16)5-3-9)19(17,18)11-6-7-12(13)14-8-11/h2-8,16H,1H3,(H2,13,14). The Labute approximate surface area is 111 Å². The van der Waals surface area contributed by atoms with E-state index >= 15 is 0 Å². The summed E-state index contributed by atoms with van der Waals surface area (Å²) >= 11 is 0. The van der Waals surface area contributed by atoms with Gasteiger partial charge >= 0.3 is 0 Å². The molecule has 6 nitrogen and oxygen atoms in total. The number of anilines is 2. The summed E-state index contributed by atoms with van der Waals surface area (Å²) < 4.78 is 25.7. The number of hydrogen-bond donors (Lipinski definition) is 2. The van der Waals surface area contributed by atoms with Crippen molar-refractivity contribution in [1.82, 2.24) is 4.98 Å². The molecule has 3 N–H and O–H groups in total. The number of phenolic OH excluding ortho intramolecular Hbond substituents is 1. The van der Waals surface area contributed by atoms with E-state index in [2.05, 4.69) is 4.98 Å². The number of nitrogen functional groups attached to an aromatic ring is 1. The van der Waals surface area contributed by atoms with Gasteiger partial charge in [0.2, 0.25) is 0 Å². The van der Waals surface area contributed by atoms with Gasteiger partial charge in [-0.25, -0.2) is 13.4 Å². The van der Waals surface area contributed by atoms with Gasteiger partial charge in [-0.2, -0.15) is 0 Å². The van der Waals surface area contributed by atoms with Crippen LogP contribution in [0, 0.1) is 0 Å². The number of aromatic nitrogens is 1. The van der Waals surface area contributed by atoms with Gasteiger partial charge in [0.25, 0.3) is 10.0 Å². The van der Waals surface area contributed by atoms with Crippen molar-refractivity contribution < 1.29 is 13.5 Å². The van der Waals surface area contributed by atoms with Crippen LogP contribution < -0.4 is 10.0 Å². The third-order valence-electron chi connectivity index (χ3n) is 2.63. The molecular weight excluding hydrogens is 266 g/mol. The van der Waals surface area contributed by atoms with Crippen molar-refractivity contribution in [3.8, 4) is 5.75 Å². The van der Waals surface area contributed by atoms with E-state index in [0.717, 1.165) is 4.31 Å². The average molecular weight is 279 g/mol. The molecule has 0 fully saturated rings. The van der Waals surface area contributed by atoms with Crippen molar-refractivity contribution in [3.63, 3.8) is 0 Å². The number of sulfonamides is 1. The van der Waals surface area contributed by atoms with Crippen molar-refractivity contribution in [2.75, 3.05) is 17.1 Å². The van der Waals surface area contributed by atoms with Crippen molar-refractivity contribution in [2.24, 2.45) is 0 Å². The molecule has 0 spiro atoms. The molecule has 2 rings (SSSR count).